The van der Waals surface area contributed by atoms with Gasteiger partial charge in [0.15, 0.2) is 0 Å². The third kappa shape index (κ3) is 3.54. The van der Waals surface area contributed by atoms with E-state index in [1.807, 2.05) is 60.7 Å². The molecule has 2 amide bonds. The number of carbonyl (C=O) groups is 3. The molecule has 4 aromatic rings. The largest absolute Gasteiger partial charge is 0.425 e. The predicted octanol–water partition coefficient (Wildman–Crippen LogP) is 4.65. The number of nitrogens with zero attached hydrogens (tertiary/aromatic N) is 1. The molecule has 0 saturated carbocycles. The van der Waals surface area contributed by atoms with Crippen LogP contribution in [-0.4, -0.2) is 28.7 Å². The average Bonchev–Trinajstić information content (AvgIpc) is 3.08. The van der Waals surface area contributed by atoms with Crippen molar-refractivity contribution in [1.82, 2.24) is 4.90 Å². The van der Waals surface area contributed by atoms with Crippen LogP contribution in [0.4, 0.5) is 0 Å². The van der Waals surface area contributed by atoms with Crippen molar-refractivity contribution in [3.63, 3.8) is 0 Å². The van der Waals surface area contributed by atoms with E-state index in [0.717, 1.165) is 21.2 Å². The first-order valence-electron chi connectivity index (χ1n) is 10.3. The van der Waals surface area contributed by atoms with E-state index < -0.39 is 23.8 Å². The molecule has 1 heterocycles. The number of rotatable bonds is 5. The minimum atomic E-state index is -1.09. The third-order valence-electron chi connectivity index (χ3n) is 5.62. The monoisotopic (exact) mass is 421 g/mol. The molecular weight excluding hydrogens is 402 g/mol. The summed E-state index contributed by atoms with van der Waals surface area (Å²) in [6.45, 7) is 0. The van der Waals surface area contributed by atoms with Crippen LogP contribution in [0, 0.1) is 0 Å². The van der Waals surface area contributed by atoms with Gasteiger partial charge in [-0.15, -0.1) is 0 Å². The molecule has 5 rings (SSSR count). The number of esters is 1. The molecule has 1 unspecified atom stereocenters. The summed E-state index contributed by atoms with van der Waals surface area (Å²) in [6, 6.07) is 27.9. The van der Waals surface area contributed by atoms with Gasteiger partial charge in [0.2, 0.25) is 0 Å². The number of hydrogen-bond donors (Lipinski definition) is 0. The van der Waals surface area contributed by atoms with Gasteiger partial charge in [0, 0.05) is 6.42 Å². The first-order valence-corrected chi connectivity index (χ1v) is 10.3. The number of fused-ring (bicyclic) bond motifs is 2. The van der Waals surface area contributed by atoms with Gasteiger partial charge < -0.3 is 4.74 Å². The Kier molecular flexibility index (Phi) is 5.00. The molecule has 0 bridgehead atoms. The summed E-state index contributed by atoms with van der Waals surface area (Å²) in [5.41, 5.74) is 1.42. The van der Waals surface area contributed by atoms with Gasteiger partial charge in [0.25, 0.3) is 11.8 Å². The summed E-state index contributed by atoms with van der Waals surface area (Å²) >= 11 is 0. The Morgan fingerprint density at radius 3 is 2.00 bits per heavy atom. The van der Waals surface area contributed by atoms with Gasteiger partial charge in [-0.1, -0.05) is 72.8 Å². The van der Waals surface area contributed by atoms with Crippen molar-refractivity contribution < 1.29 is 19.1 Å². The Morgan fingerprint density at radius 1 is 0.719 bits per heavy atom. The van der Waals surface area contributed by atoms with Crippen molar-refractivity contribution in [2.45, 2.75) is 12.5 Å². The molecular formula is C27H19NO4. The van der Waals surface area contributed by atoms with Gasteiger partial charge in [0.1, 0.15) is 11.8 Å². The summed E-state index contributed by atoms with van der Waals surface area (Å²) in [7, 11) is 0. The highest BCUT2D eigenvalue weighted by Gasteiger charge is 2.43. The van der Waals surface area contributed by atoms with Crippen LogP contribution in [0.25, 0.3) is 10.8 Å². The van der Waals surface area contributed by atoms with Crippen LogP contribution in [0.5, 0.6) is 5.75 Å². The lowest BCUT2D eigenvalue weighted by molar-refractivity contribution is -0.138. The van der Waals surface area contributed by atoms with Crippen molar-refractivity contribution in [1.29, 1.82) is 0 Å². The SMILES string of the molecule is O=C(Oc1ccc2ccccc2c1)C(Cc1ccccc1)N1C(=O)c2ccccc2C1=O. The molecule has 5 nitrogen and oxygen atoms in total. The smallest absolute Gasteiger partial charge is 0.335 e. The molecule has 0 saturated heterocycles. The second-order valence-electron chi connectivity index (χ2n) is 7.66. The Bertz CT molecular complexity index is 1310. The van der Waals surface area contributed by atoms with Crippen LogP contribution in [-0.2, 0) is 11.2 Å². The Morgan fingerprint density at radius 2 is 1.31 bits per heavy atom. The van der Waals surface area contributed by atoms with Crippen LogP contribution >= 0.6 is 0 Å². The molecule has 5 heteroatoms. The Balaban J connectivity index is 1.49. The van der Waals surface area contributed by atoms with E-state index in [9.17, 15) is 14.4 Å². The topological polar surface area (TPSA) is 63.7 Å². The Labute approximate surface area is 184 Å². The van der Waals surface area contributed by atoms with Crippen LogP contribution < -0.4 is 4.74 Å². The molecule has 1 aliphatic heterocycles. The van der Waals surface area contributed by atoms with Crippen molar-refractivity contribution in [2.75, 3.05) is 0 Å². The molecule has 0 spiro atoms. The second kappa shape index (κ2) is 8.12. The Hall–Kier alpha value is -4.25. The number of amides is 2. The summed E-state index contributed by atoms with van der Waals surface area (Å²) in [5.74, 6) is -1.26. The zero-order valence-corrected chi connectivity index (χ0v) is 17.1. The van der Waals surface area contributed by atoms with Crippen molar-refractivity contribution in [2.24, 2.45) is 0 Å². The zero-order valence-electron chi connectivity index (χ0n) is 17.1. The fraction of sp³-hybridized carbons (Fsp3) is 0.0741. The molecule has 0 N–H and O–H groups in total. The van der Waals surface area contributed by atoms with Crippen LogP contribution in [0.2, 0.25) is 0 Å². The molecule has 1 atom stereocenters. The molecule has 0 aromatic heterocycles. The summed E-state index contributed by atoms with van der Waals surface area (Å²) in [4.78, 5) is 40.5. The van der Waals surface area contributed by atoms with Gasteiger partial charge in [-0.05, 0) is 40.6 Å². The number of benzene rings is 4. The predicted molar refractivity (Wildman–Crippen MR) is 120 cm³/mol. The lowest BCUT2D eigenvalue weighted by atomic mass is 10.0. The quantitative estimate of drug-likeness (QED) is 0.267. The second-order valence-corrected chi connectivity index (χ2v) is 7.66. The highest BCUT2D eigenvalue weighted by Crippen LogP contribution is 2.27. The fourth-order valence-corrected chi connectivity index (χ4v) is 4.02. The van der Waals surface area contributed by atoms with Crippen molar-refractivity contribution in [3.8, 4) is 5.75 Å². The standard InChI is InChI=1S/C27H19NO4/c29-25-22-12-6-7-13-23(22)26(30)28(25)24(16-18-8-2-1-3-9-18)27(31)32-21-15-14-19-10-4-5-11-20(19)17-21/h1-15,17,24H,16H2. The molecule has 0 radical (unpaired) electrons. The third-order valence-corrected chi connectivity index (χ3v) is 5.62. The number of imide groups is 1. The average molecular weight is 421 g/mol. The van der Waals surface area contributed by atoms with Gasteiger partial charge >= 0.3 is 5.97 Å². The van der Waals surface area contributed by atoms with E-state index in [1.54, 1.807) is 36.4 Å². The van der Waals surface area contributed by atoms with E-state index >= 15 is 0 Å². The van der Waals surface area contributed by atoms with Gasteiger partial charge in [-0.3, -0.25) is 14.5 Å². The number of ether oxygens (including phenoxy) is 1. The first kappa shape index (κ1) is 19.7. The van der Waals surface area contributed by atoms with Gasteiger partial charge in [-0.2, -0.15) is 0 Å². The summed E-state index contributed by atoms with van der Waals surface area (Å²) in [5, 5.41) is 1.95. The molecule has 156 valence electrons. The molecule has 32 heavy (non-hydrogen) atoms. The maximum absolute atomic E-state index is 13.3. The number of hydrogen-bond acceptors (Lipinski definition) is 4. The highest BCUT2D eigenvalue weighted by atomic mass is 16.5. The molecule has 1 aliphatic rings. The lowest BCUT2D eigenvalue weighted by Gasteiger charge is -2.24. The maximum atomic E-state index is 13.3. The fourth-order valence-electron chi connectivity index (χ4n) is 4.02. The highest BCUT2D eigenvalue weighted by molar-refractivity contribution is 6.22. The van der Waals surface area contributed by atoms with E-state index in [0.29, 0.717) is 16.9 Å². The van der Waals surface area contributed by atoms with E-state index in [4.69, 9.17) is 4.74 Å². The maximum Gasteiger partial charge on any atom is 0.335 e. The first-order chi connectivity index (χ1) is 15.6. The van der Waals surface area contributed by atoms with Crippen LogP contribution in [0.3, 0.4) is 0 Å². The minimum Gasteiger partial charge on any atom is -0.425 e. The zero-order chi connectivity index (χ0) is 22.1. The molecule has 4 aromatic carbocycles. The van der Waals surface area contributed by atoms with Crippen molar-refractivity contribution >= 4 is 28.6 Å². The van der Waals surface area contributed by atoms with E-state index in [1.165, 1.54) is 0 Å². The van der Waals surface area contributed by atoms with Gasteiger partial charge in [0.05, 0.1) is 11.1 Å². The minimum absolute atomic E-state index is 0.165. The molecule has 0 fully saturated rings. The summed E-state index contributed by atoms with van der Waals surface area (Å²) in [6.07, 6.45) is 0.165. The van der Waals surface area contributed by atoms with E-state index in [2.05, 4.69) is 0 Å². The van der Waals surface area contributed by atoms with Crippen molar-refractivity contribution in [3.05, 3.63) is 114 Å². The van der Waals surface area contributed by atoms with Crippen LogP contribution in [0.1, 0.15) is 26.3 Å². The van der Waals surface area contributed by atoms with Gasteiger partial charge in [-0.25, -0.2) is 4.79 Å². The summed E-state index contributed by atoms with van der Waals surface area (Å²) < 4.78 is 5.68. The van der Waals surface area contributed by atoms with Crippen LogP contribution in [0.15, 0.2) is 97.1 Å². The number of carbonyl (C=O) groups excluding carboxylic acids is 3. The lowest BCUT2D eigenvalue weighted by Crippen LogP contribution is -2.48. The molecule has 0 aliphatic carbocycles. The van der Waals surface area contributed by atoms with E-state index in [-0.39, 0.29) is 6.42 Å². The normalized spacial score (nSPS) is 13.8.